The van der Waals surface area contributed by atoms with Gasteiger partial charge in [0, 0.05) is 24.3 Å². The van der Waals surface area contributed by atoms with Crippen molar-refractivity contribution in [1.29, 1.82) is 0 Å². The van der Waals surface area contributed by atoms with Crippen molar-refractivity contribution in [3.8, 4) is 0 Å². The first-order chi connectivity index (χ1) is 6.04. The van der Waals surface area contributed by atoms with E-state index in [1.807, 2.05) is 0 Å². The highest BCUT2D eigenvalue weighted by molar-refractivity contribution is 9.09. The normalized spacial score (nSPS) is 11.8. The van der Waals surface area contributed by atoms with Gasteiger partial charge in [-0.1, -0.05) is 15.9 Å². The summed E-state index contributed by atoms with van der Waals surface area (Å²) in [4.78, 5) is 0.280. The number of rotatable bonds is 4. The molecule has 13 heavy (non-hydrogen) atoms. The first-order valence-corrected chi connectivity index (χ1v) is 6.84. The number of aromatic nitrogens is 2. The summed E-state index contributed by atoms with van der Waals surface area (Å²) in [5.41, 5.74) is 0. The van der Waals surface area contributed by atoms with E-state index in [4.69, 9.17) is 0 Å². The van der Waals surface area contributed by atoms with E-state index in [1.54, 1.807) is 10.9 Å². The van der Waals surface area contributed by atoms with Crippen LogP contribution in [-0.2, 0) is 16.4 Å². The lowest BCUT2D eigenvalue weighted by molar-refractivity contribution is 0.597. The van der Waals surface area contributed by atoms with E-state index in [0.717, 1.165) is 18.3 Å². The lowest BCUT2D eigenvalue weighted by Gasteiger charge is -1.96. The number of nitrogens with zero attached hydrogens (tertiary/aromatic N) is 2. The molecule has 0 aliphatic carbocycles. The zero-order chi connectivity index (χ0) is 9.90. The topological polar surface area (TPSA) is 52.0 Å². The summed E-state index contributed by atoms with van der Waals surface area (Å²) in [5, 5.41) is 4.83. The van der Waals surface area contributed by atoms with Crippen LogP contribution >= 0.6 is 15.9 Å². The molecule has 0 unspecified atom stereocenters. The van der Waals surface area contributed by atoms with Crippen molar-refractivity contribution in [3.63, 3.8) is 0 Å². The van der Waals surface area contributed by atoms with Crippen molar-refractivity contribution in [1.82, 2.24) is 9.78 Å². The van der Waals surface area contributed by atoms with Crippen LogP contribution in [0.15, 0.2) is 17.3 Å². The third kappa shape index (κ3) is 3.11. The van der Waals surface area contributed by atoms with E-state index in [9.17, 15) is 8.42 Å². The van der Waals surface area contributed by atoms with Crippen molar-refractivity contribution in [2.24, 2.45) is 0 Å². The molecule has 0 N–H and O–H groups in total. The number of halogens is 1. The lowest BCUT2D eigenvalue weighted by Crippen LogP contribution is -1.99. The van der Waals surface area contributed by atoms with Crippen molar-refractivity contribution in [3.05, 3.63) is 12.4 Å². The average Bonchev–Trinajstić information content (AvgIpc) is 2.47. The Morgan fingerprint density at radius 3 is 2.77 bits per heavy atom. The Balaban J connectivity index is 2.76. The molecule has 1 aromatic heterocycles. The SMILES string of the molecule is CS(=O)(=O)c1cnn(CCCBr)c1. The maximum Gasteiger partial charge on any atom is 0.178 e. The minimum absolute atomic E-state index is 0.280. The van der Waals surface area contributed by atoms with E-state index >= 15 is 0 Å². The smallest absolute Gasteiger partial charge is 0.178 e. The highest BCUT2D eigenvalue weighted by Crippen LogP contribution is 2.06. The van der Waals surface area contributed by atoms with E-state index in [1.165, 1.54) is 12.5 Å². The molecule has 74 valence electrons. The van der Waals surface area contributed by atoms with Crippen LogP contribution in [0.5, 0.6) is 0 Å². The predicted molar refractivity (Wildman–Crippen MR) is 53.7 cm³/mol. The van der Waals surface area contributed by atoms with E-state index in [2.05, 4.69) is 21.0 Å². The van der Waals surface area contributed by atoms with Gasteiger partial charge in [-0.2, -0.15) is 5.10 Å². The third-order valence-corrected chi connectivity index (χ3v) is 3.19. The van der Waals surface area contributed by atoms with Crippen LogP contribution < -0.4 is 0 Å². The molecule has 0 aliphatic rings. The Hall–Kier alpha value is -0.360. The molecule has 0 fully saturated rings. The Morgan fingerprint density at radius 2 is 2.31 bits per heavy atom. The molecule has 1 aromatic rings. The van der Waals surface area contributed by atoms with E-state index in [-0.39, 0.29) is 4.90 Å². The summed E-state index contributed by atoms with van der Waals surface area (Å²) in [7, 11) is -3.10. The molecule has 0 saturated heterocycles. The molecule has 0 saturated carbocycles. The van der Waals surface area contributed by atoms with Gasteiger partial charge in [0.2, 0.25) is 0 Å². The van der Waals surface area contributed by atoms with Crippen LogP contribution in [0.3, 0.4) is 0 Å². The molecule has 1 rings (SSSR count). The number of alkyl halides is 1. The Morgan fingerprint density at radius 1 is 1.62 bits per heavy atom. The summed E-state index contributed by atoms with van der Waals surface area (Å²) in [6.07, 6.45) is 5.05. The first-order valence-electron chi connectivity index (χ1n) is 3.82. The number of sulfone groups is 1. The fraction of sp³-hybridized carbons (Fsp3) is 0.571. The van der Waals surface area contributed by atoms with Gasteiger partial charge in [0.1, 0.15) is 4.90 Å². The van der Waals surface area contributed by atoms with Crippen LogP contribution in [-0.4, -0.2) is 29.8 Å². The molecule has 1 heterocycles. The molecule has 0 amide bonds. The van der Waals surface area contributed by atoms with Gasteiger partial charge in [0.15, 0.2) is 9.84 Å². The Labute approximate surface area is 86.0 Å². The number of hydrogen-bond donors (Lipinski definition) is 0. The van der Waals surface area contributed by atoms with Gasteiger partial charge in [0.05, 0.1) is 6.20 Å². The molecular formula is C7H11BrN2O2S. The third-order valence-electron chi connectivity index (χ3n) is 1.56. The average molecular weight is 267 g/mol. The van der Waals surface area contributed by atoms with Crippen LogP contribution in [0.1, 0.15) is 6.42 Å². The highest BCUT2D eigenvalue weighted by Gasteiger charge is 2.09. The molecule has 0 bridgehead atoms. The minimum Gasteiger partial charge on any atom is -0.271 e. The molecule has 0 aliphatic heterocycles. The standard InChI is InChI=1S/C7H11BrN2O2S/c1-13(11,12)7-5-9-10(6-7)4-2-3-8/h5-6H,2-4H2,1H3. The Bertz CT molecular complexity index is 372. The molecule has 0 spiro atoms. The van der Waals surface area contributed by atoms with Crippen LogP contribution in [0.2, 0.25) is 0 Å². The molecule has 0 atom stereocenters. The fourth-order valence-electron chi connectivity index (χ4n) is 0.880. The Kier molecular flexibility index (Phi) is 3.49. The maximum atomic E-state index is 11.1. The van der Waals surface area contributed by atoms with Gasteiger partial charge >= 0.3 is 0 Å². The van der Waals surface area contributed by atoms with Gasteiger partial charge in [0.25, 0.3) is 0 Å². The van der Waals surface area contributed by atoms with Gasteiger partial charge in [-0.15, -0.1) is 0 Å². The highest BCUT2D eigenvalue weighted by atomic mass is 79.9. The summed E-state index contributed by atoms with van der Waals surface area (Å²) in [6.45, 7) is 0.737. The van der Waals surface area contributed by atoms with Crippen molar-refractivity contribution in [2.75, 3.05) is 11.6 Å². The second kappa shape index (κ2) is 4.23. The van der Waals surface area contributed by atoms with E-state index in [0.29, 0.717) is 0 Å². The summed E-state index contributed by atoms with van der Waals surface area (Å²) < 4.78 is 23.8. The quantitative estimate of drug-likeness (QED) is 0.767. The summed E-state index contributed by atoms with van der Waals surface area (Å²) in [6, 6.07) is 0. The van der Waals surface area contributed by atoms with Gasteiger partial charge in [-0.3, -0.25) is 4.68 Å². The monoisotopic (exact) mass is 266 g/mol. The van der Waals surface area contributed by atoms with Crippen LogP contribution in [0, 0.1) is 0 Å². The van der Waals surface area contributed by atoms with Gasteiger partial charge in [-0.05, 0) is 6.42 Å². The van der Waals surface area contributed by atoms with Gasteiger partial charge < -0.3 is 0 Å². The summed E-state index contributed by atoms with van der Waals surface area (Å²) >= 11 is 3.29. The summed E-state index contributed by atoms with van der Waals surface area (Å²) in [5.74, 6) is 0. The first kappa shape index (κ1) is 10.7. The molecular weight excluding hydrogens is 256 g/mol. The van der Waals surface area contributed by atoms with Crippen LogP contribution in [0.25, 0.3) is 0 Å². The van der Waals surface area contributed by atoms with E-state index < -0.39 is 9.84 Å². The fourth-order valence-corrected chi connectivity index (χ4v) is 1.68. The minimum atomic E-state index is -3.10. The van der Waals surface area contributed by atoms with Crippen LogP contribution in [0.4, 0.5) is 0 Å². The van der Waals surface area contributed by atoms with Gasteiger partial charge in [-0.25, -0.2) is 8.42 Å². The second-order valence-corrected chi connectivity index (χ2v) is 5.56. The van der Waals surface area contributed by atoms with Crippen molar-refractivity contribution in [2.45, 2.75) is 17.9 Å². The lowest BCUT2D eigenvalue weighted by atomic mass is 10.5. The predicted octanol–water partition coefficient (Wildman–Crippen LogP) is 1.07. The zero-order valence-corrected chi connectivity index (χ0v) is 9.68. The molecule has 6 heteroatoms. The van der Waals surface area contributed by atoms with Crippen molar-refractivity contribution >= 4 is 25.8 Å². The second-order valence-electron chi connectivity index (χ2n) is 2.75. The maximum absolute atomic E-state index is 11.1. The number of hydrogen-bond acceptors (Lipinski definition) is 3. The largest absolute Gasteiger partial charge is 0.271 e. The molecule has 0 radical (unpaired) electrons. The molecule has 0 aromatic carbocycles. The van der Waals surface area contributed by atoms with Crippen molar-refractivity contribution < 1.29 is 8.42 Å². The molecule has 4 nitrogen and oxygen atoms in total. The zero-order valence-electron chi connectivity index (χ0n) is 7.27. The number of aryl methyl sites for hydroxylation is 1.